The molecule has 0 aliphatic heterocycles. The fourth-order valence-corrected chi connectivity index (χ4v) is 7.90. The van der Waals surface area contributed by atoms with E-state index in [-0.39, 0.29) is 11.8 Å². The molecule has 0 aromatic heterocycles. The molecule has 0 radical (unpaired) electrons. The van der Waals surface area contributed by atoms with Gasteiger partial charge in [0.1, 0.15) is 0 Å². The van der Waals surface area contributed by atoms with Crippen LogP contribution >= 0.6 is 0 Å². The molecule has 2 aliphatic rings. The predicted molar refractivity (Wildman–Crippen MR) is 161 cm³/mol. The van der Waals surface area contributed by atoms with E-state index in [1.54, 1.807) is 0 Å². The molecule has 0 fully saturated rings. The summed E-state index contributed by atoms with van der Waals surface area (Å²) in [5.41, 5.74) is 22.6. The summed E-state index contributed by atoms with van der Waals surface area (Å²) in [6.45, 7) is 13.6. The van der Waals surface area contributed by atoms with Gasteiger partial charge in [0.25, 0.3) is 0 Å². The van der Waals surface area contributed by atoms with Gasteiger partial charge in [-0.1, -0.05) is 96.1 Å². The Kier molecular flexibility index (Phi) is 5.08. The third-order valence-electron chi connectivity index (χ3n) is 9.03. The zero-order valence-corrected chi connectivity index (χ0v) is 23.2. The van der Waals surface area contributed by atoms with E-state index < -0.39 is 0 Å². The number of fused-ring (bicyclic) bond motifs is 7. The highest BCUT2D eigenvalue weighted by Crippen LogP contribution is 2.59. The van der Waals surface area contributed by atoms with Crippen molar-refractivity contribution in [1.29, 1.82) is 0 Å². The van der Waals surface area contributed by atoms with Crippen molar-refractivity contribution >= 4 is 0 Å². The first kappa shape index (κ1) is 23.2. The van der Waals surface area contributed by atoms with Gasteiger partial charge in [0.15, 0.2) is 0 Å². The molecular weight excluding hydrogens is 456 g/mol. The maximum atomic E-state index is 2.45. The molecule has 2 atom stereocenters. The zero-order chi connectivity index (χ0) is 26.3. The van der Waals surface area contributed by atoms with Crippen molar-refractivity contribution in [2.45, 2.75) is 53.4 Å². The van der Waals surface area contributed by atoms with Crippen LogP contribution in [-0.2, 0) is 0 Å². The summed E-state index contributed by atoms with van der Waals surface area (Å²) >= 11 is 0. The summed E-state index contributed by atoms with van der Waals surface area (Å²) in [5.74, 6) is 0.530. The average Bonchev–Trinajstić information content (AvgIpc) is 3.37. The topological polar surface area (TPSA) is 0 Å². The Labute approximate surface area is 227 Å². The highest BCUT2D eigenvalue weighted by molar-refractivity contribution is 5.98. The van der Waals surface area contributed by atoms with Gasteiger partial charge in [-0.25, -0.2) is 0 Å². The maximum Gasteiger partial charge on any atom is 0.0357 e. The Morgan fingerprint density at radius 1 is 0.395 bits per heavy atom. The van der Waals surface area contributed by atoms with Crippen LogP contribution < -0.4 is 0 Å². The fraction of sp³-hybridized carbons (Fsp3) is 0.211. The van der Waals surface area contributed by atoms with Crippen molar-refractivity contribution in [3.63, 3.8) is 0 Å². The third-order valence-corrected chi connectivity index (χ3v) is 9.03. The van der Waals surface area contributed by atoms with Crippen LogP contribution in [0.1, 0.15) is 78.6 Å². The first-order valence-corrected chi connectivity index (χ1v) is 13.9. The first-order chi connectivity index (χ1) is 18.3. The van der Waals surface area contributed by atoms with Crippen LogP contribution in [0.5, 0.6) is 0 Å². The van der Waals surface area contributed by atoms with E-state index in [2.05, 4.69) is 126 Å². The zero-order valence-electron chi connectivity index (χ0n) is 23.2. The fourth-order valence-electron chi connectivity index (χ4n) is 7.90. The summed E-state index contributed by atoms with van der Waals surface area (Å²) in [7, 11) is 0. The minimum Gasteiger partial charge on any atom is -0.0619 e. The van der Waals surface area contributed by atoms with E-state index in [0.717, 1.165) is 0 Å². The van der Waals surface area contributed by atoms with Gasteiger partial charge >= 0.3 is 0 Å². The monoisotopic (exact) mass is 490 g/mol. The molecule has 0 saturated carbocycles. The molecule has 2 aliphatic carbocycles. The standard InChI is InChI=1S/C38H34/c1-21-17-23(3)33(24(4)18-21)35-27-11-7-9-13-29(27)37-31(35)15-16-32-36(28-12-8-10-14-30(28)38(32)37)34-25(5)19-22(2)20-26(34)6/h7-20,35-36H,1-6H3. The van der Waals surface area contributed by atoms with Gasteiger partial charge in [0, 0.05) is 11.8 Å². The molecule has 0 heteroatoms. The first-order valence-electron chi connectivity index (χ1n) is 13.9. The predicted octanol–water partition coefficient (Wildman–Crippen LogP) is 9.86. The van der Waals surface area contributed by atoms with Crippen molar-refractivity contribution in [3.05, 3.63) is 152 Å². The molecule has 0 heterocycles. The van der Waals surface area contributed by atoms with Crippen LogP contribution in [0.2, 0.25) is 0 Å². The van der Waals surface area contributed by atoms with Crippen molar-refractivity contribution in [1.82, 2.24) is 0 Å². The van der Waals surface area contributed by atoms with E-state index in [4.69, 9.17) is 0 Å². The molecule has 186 valence electrons. The molecule has 5 aromatic carbocycles. The van der Waals surface area contributed by atoms with Crippen LogP contribution in [0.25, 0.3) is 22.3 Å². The molecule has 0 amide bonds. The van der Waals surface area contributed by atoms with Gasteiger partial charge in [0.2, 0.25) is 0 Å². The van der Waals surface area contributed by atoms with E-state index in [1.165, 1.54) is 89.0 Å². The van der Waals surface area contributed by atoms with E-state index in [1.807, 2.05) is 0 Å². The Morgan fingerprint density at radius 3 is 1.11 bits per heavy atom. The van der Waals surface area contributed by atoms with E-state index in [9.17, 15) is 0 Å². The van der Waals surface area contributed by atoms with Gasteiger partial charge < -0.3 is 0 Å². The summed E-state index contributed by atoms with van der Waals surface area (Å²) in [4.78, 5) is 0. The number of aryl methyl sites for hydroxylation is 6. The second-order valence-corrected chi connectivity index (χ2v) is 11.7. The van der Waals surface area contributed by atoms with E-state index in [0.29, 0.717) is 0 Å². The Morgan fingerprint density at radius 2 is 0.737 bits per heavy atom. The lowest BCUT2D eigenvalue weighted by Gasteiger charge is -2.22. The van der Waals surface area contributed by atoms with Crippen LogP contribution in [-0.4, -0.2) is 0 Å². The number of benzene rings is 5. The van der Waals surface area contributed by atoms with E-state index >= 15 is 0 Å². The summed E-state index contributed by atoms with van der Waals surface area (Å²) < 4.78 is 0. The van der Waals surface area contributed by atoms with Gasteiger partial charge in [-0.05, 0) is 119 Å². The molecule has 5 aromatic rings. The highest BCUT2D eigenvalue weighted by atomic mass is 14.4. The minimum atomic E-state index is 0.265. The largest absolute Gasteiger partial charge is 0.0619 e. The Bertz CT molecular complexity index is 1600. The quantitative estimate of drug-likeness (QED) is 0.226. The maximum absolute atomic E-state index is 2.45. The van der Waals surface area contributed by atoms with Crippen molar-refractivity contribution in [2.75, 3.05) is 0 Å². The lowest BCUT2D eigenvalue weighted by Crippen LogP contribution is -2.06. The molecule has 0 spiro atoms. The molecular formula is C38H34. The van der Waals surface area contributed by atoms with Crippen LogP contribution in [0, 0.1) is 41.5 Å². The molecule has 0 nitrogen and oxygen atoms in total. The SMILES string of the molecule is Cc1cc(C)c(C2c3ccccc3-c3c2ccc2c3-c3ccccc3C2c2c(C)cc(C)cc2C)c(C)c1. The second kappa shape index (κ2) is 8.30. The molecule has 0 saturated heterocycles. The summed E-state index contributed by atoms with van der Waals surface area (Å²) in [6, 6.07) is 32.6. The van der Waals surface area contributed by atoms with Gasteiger partial charge in [-0.2, -0.15) is 0 Å². The lowest BCUT2D eigenvalue weighted by atomic mass is 9.81. The van der Waals surface area contributed by atoms with Crippen molar-refractivity contribution < 1.29 is 0 Å². The second-order valence-electron chi connectivity index (χ2n) is 11.7. The third kappa shape index (κ3) is 3.16. The molecule has 7 rings (SSSR count). The molecule has 2 unspecified atom stereocenters. The Balaban J connectivity index is 1.56. The number of hydrogen-bond acceptors (Lipinski definition) is 0. The lowest BCUT2D eigenvalue weighted by molar-refractivity contribution is 0.962. The van der Waals surface area contributed by atoms with Crippen LogP contribution in [0.3, 0.4) is 0 Å². The van der Waals surface area contributed by atoms with Crippen molar-refractivity contribution in [3.8, 4) is 22.3 Å². The summed E-state index contributed by atoms with van der Waals surface area (Å²) in [6.07, 6.45) is 0. The average molecular weight is 491 g/mol. The smallest absolute Gasteiger partial charge is 0.0357 e. The minimum absolute atomic E-state index is 0.265. The van der Waals surface area contributed by atoms with Gasteiger partial charge in [-0.15, -0.1) is 0 Å². The Hall–Kier alpha value is -3.90. The van der Waals surface area contributed by atoms with Crippen molar-refractivity contribution in [2.24, 2.45) is 0 Å². The molecule has 0 N–H and O–H groups in total. The number of hydrogen-bond donors (Lipinski definition) is 0. The normalized spacial score (nSPS) is 16.7. The molecule has 38 heavy (non-hydrogen) atoms. The van der Waals surface area contributed by atoms with Gasteiger partial charge in [0.05, 0.1) is 0 Å². The van der Waals surface area contributed by atoms with Crippen LogP contribution in [0.15, 0.2) is 84.9 Å². The number of rotatable bonds is 2. The van der Waals surface area contributed by atoms with Gasteiger partial charge in [-0.3, -0.25) is 0 Å². The van der Waals surface area contributed by atoms with Crippen LogP contribution in [0.4, 0.5) is 0 Å². The highest BCUT2D eigenvalue weighted by Gasteiger charge is 2.39. The summed E-state index contributed by atoms with van der Waals surface area (Å²) in [5, 5.41) is 0. The molecule has 0 bridgehead atoms.